The van der Waals surface area contributed by atoms with Crippen LogP contribution in [0.5, 0.6) is 0 Å². The van der Waals surface area contributed by atoms with Gasteiger partial charge in [-0.05, 0) is 18.6 Å². The molecule has 0 aliphatic rings. The van der Waals surface area contributed by atoms with Crippen molar-refractivity contribution in [2.75, 3.05) is 5.32 Å². The monoisotopic (exact) mass is 354 g/mol. The number of nitro groups is 1. The van der Waals surface area contributed by atoms with Gasteiger partial charge in [-0.15, -0.1) is 10.2 Å². The van der Waals surface area contributed by atoms with Gasteiger partial charge >= 0.3 is 0 Å². The second-order valence-electron chi connectivity index (χ2n) is 5.52. The summed E-state index contributed by atoms with van der Waals surface area (Å²) in [5.41, 5.74) is -0.577. The van der Waals surface area contributed by atoms with Crippen LogP contribution >= 0.6 is 22.9 Å². The Labute approximate surface area is 141 Å². The van der Waals surface area contributed by atoms with Crippen LogP contribution in [-0.4, -0.2) is 21.0 Å². The van der Waals surface area contributed by atoms with Crippen molar-refractivity contribution in [2.45, 2.75) is 32.6 Å². The maximum atomic E-state index is 12.3. The van der Waals surface area contributed by atoms with Gasteiger partial charge in [-0.1, -0.05) is 43.7 Å². The molecule has 0 bridgehead atoms. The summed E-state index contributed by atoms with van der Waals surface area (Å²) in [5, 5.41) is 22.9. The lowest BCUT2D eigenvalue weighted by Crippen LogP contribution is -2.14. The number of anilines is 1. The highest BCUT2D eigenvalue weighted by molar-refractivity contribution is 7.15. The molecular weight excluding hydrogens is 340 g/mol. The van der Waals surface area contributed by atoms with Crippen molar-refractivity contribution >= 4 is 39.7 Å². The molecule has 0 radical (unpaired) electrons. The van der Waals surface area contributed by atoms with Gasteiger partial charge in [0.25, 0.3) is 11.6 Å². The van der Waals surface area contributed by atoms with Crippen LogP contribution in [0.2, 0.25) is 5.02 Å². The highest BCUT2D eigenvalue weighted by Gasteiger charge is 2.25. The summed E-state index contributed by atoms with van der Waals surface area (Å²) in [6.07, 6.45) is 0.873. The zero-order chi connectivity index (χ0) is 17.2. The van der Waals surface area contributed by atoms with Gasteiger partial charge in [0.2, 0.25) is 5.13 Å². The fraction of sp³-hybridized carbons (Fsp3) is 0.357. The van der Waals surface area contributed by atoms with Gasteiger partial charge < -0.3 is 0 Å². The molecule has 1 heterocycles. The molecule has 0 aliphatic carbocycles. The van der Waals surface area contributed by atoms with Crippen molar-refractivity contribution in [3.8, 4) is 0 Å². The maximum Gasteiger partial charge on any atom is 0.283 e. The third-order valence-electron chi connectivity index (χ3n) is 3.51. The fourth-order valence-corrected chi connectivity index (χ4v) is 2.79. The van der Waals surface area contributed by atoms with Crippen molar-refractivity contribution in [1.82, 2.24) is 10.2 Å². The maximum absolute atomic E-state index is 12.3. The molecule has 0 unspecified atom stereocenters. The zero-order valence-electron chi connectivity index (χ0n) is 12.8. The predicted octanol–water partition coefficient (Wildman–Crippen LogP) is 4.04. The standard InChI is InChI=1S/C14H15ClN4O3S/c1-4-14(2,3)12-17-18-13(23-12)16-11(20)9-6-5-8(15)7-10(9)19(21)22/h5-7H,4H2,1-3H3,(H,16,18,20). The van der Waals surface area contributed by atoms with Gasteiger partial charge in [0.1, 0.15) is 10.6 Å². The van der Waals surface area contributed by atoms with Crippen LogP contribution in [0.25, 0.3) is 0 Å². The molecule has 2 rings (SSSR count). The number of aromatic nitrogens is 2. The third kappa shape index (κ3) is 3.83. The first-order valence-electron chi connectivity index (χ1n) is 6.84. The summed E-state index contributed by atoms with van der Waals surface area (Å²) in [4.78, 5) is 22.7. The average molecular weight is 355 g/mol. The summed E-state index contributed by atoms with van der Waals surface area (Å²) in [6, 6.07) is 3.88. The van der Waals surface area contributed by atoms with Crippen molar-refractivity contribution < 1.29 is 9.72 Å². The Morgan fingerprint density at radius 2 is 2.13 bits per heavy atom. The Bertz CT molecular complexity index is 760. The van der Waals surface area contributed by atoms with Gasteiger partial charge in [-0.2, -0.15) is 0 Å². The van der Waals surface area contributed by atoms with Crippen LogP contribution in [0.4, 0.5) is 10.8 Å². The smallest absolute Gasteiger partial charge is 0.283 e. The summed E-state index contributed by atoms with van der Waals surface area (Å²) < 4.78 is 0. The molecule has 122 valence electrons. The Kier molecular flexibility index (Phi) is 4.96. The molecule has 1 aromatic carbocycles. The molecule has 23 heavy (non-hydrogen) atoms. The molecule has 0 spiro atoms. The first-order valence-corrected chi connectivity index (χ1v) is 8.03. The number of carbonyl (C=O) groups excluding carboxylic acids is 1. The number of hydrogen-bond donors (Lipinski definition) is 1. The Morgan fingerprint density at radius 1 is 1.43 bits per heavy atom. The van der Waals surface area contributed by atoms with Gasteiger partial charge in [0, 0.05) is 16.5 Å². The Hall–Kier alpha value is -2.06. The molecule has 1 aromatic heterocycles. The number of rotatable bonds is 5. The quantitative estimate of drug-likeness (QED) is 0.645. The zero-order valence-corrected chi connectivity index (χ0v) is 14.4. The molecule has 0 atom stereocenters. The van der Waals surface area contributed by atoms with Gasteiger partial charge in [-0.25, -0.2) is 0 Å². The van der Waals surface area contributed by atoms with Crippen molar-refractivity contribution in [2.24, 2.45) is 0 Å². The number of nitrogens with one attached hydrogen (secondary N) is 1. The number of carbonyl (C=O) groups is 1. The molecule has 0 aliphatic heterocycles. The molecule has 0 saturated carbocycles. The minimum Gasteiger partial charge on any atom is -0.296 e. The molecule has 0 saturated heterocycles. The Balaban J connectivity index is 2.25. The lowest BCUT2D eigenvalue weighted by Gasteiger charge is -2.17. The lowest BCUT2D eigenvalue weighted by molar-refractivity contribution is -0.385. The van der Waals surface area contributed by atoms with Crippen molar-refractivity contribution in [3.63, 3.8) is 0 Å². The van der Waals surface area contributed by atoms with E-state index in [1.165, 1.54) is 23.5 Å². The van der Waals surface area contributed by atoms with Crippen LogP contribution in [0.1, 0.15) is 42.6 Å². The van der Waals surface area contributed by atoms with Crippen LogP contribution in [0.3, 0.4) is 0 Å². The van der Waals surface area contributed by atoms with E-state index >= 15 is 0 Å². The Morgan fingerprint density at radius 3 is 2.74 bits per heavy atom. The van der Waals surface area contributed by atoms with E-state index in [0.717, 1.165) is 17.5 Å². The molecule has 0 fully saturated rings. The predicted molar refractivity (Wildman–Crippen MR) is 89.3 cm³/mol. The summed E-state index contributed by atoms with van der Waals surface area (Å²) in [6.45, 7) is 6.10. The van der Waals surface area contributed by atoms with E-state index in [9.17, 15) is 14.9 Å². The van der Waals surface area contributed by atoms with Gasteiger partial charge in [-0.3, -0.25) is 20.2 Å². The van der Waals surface area contributed by atoms with Crippen LogP contribution in [0.15, 0.2) is 18.2 Å². The topological polar surface area (TPSA) is 98.0 Å². The second-order valence-corrected chi connectivity index (χ2v) is 6.94. The van der Waals surface area contributed by atoms with E-state index in [4.69, 9.17) is 11.6 Å². The van der Waals surface area contributed by atoms with Gasteiger partial charge in [0.05, 0.1) is 4.92 Å². The first kappa shape index (κ1) is 17.3. The molecule has 1 N–H and O–H groups in total. The van der Waals surface area contributed by atoms with Crippen molar-refractivity contribution in [3.05, 3.63) is 43.9 Å². The summed E-state index contributed by atoms with van der Waals surface area (Å²) in [5.74, 6) is -0.620. The first-order chi connectivity index (χ1) is 10.7. The molecule has 9 heteroatoms. The largest absolute Gasteiger partial charge is 0.296 e. The van der Waals surface area contributed by atoms with E-state index in [2.05, 4.69) is 15.5 Å². The number of halogens is 1. The molecule has 2 aromatic rings. The number of benzene rings is 1. The number of nitrogens with zero attached hydrogens (tertiary/aromatic N) is 3. The molecule has 1 amide bonds. The second kappa shape index (κ2) is 6.59. The van der Waals surface area contributed by atoms with Crippen molar-refractivity contribution in [1.29, 1.82) is 0 Å². The summed E-state index contributed by atoms with van der Waals surface area (Å²) >= 11 is 6.99. The molecule has 7 nitrogen and oxygen atoms in total. The van der Waals surface area contributed by atoms with E-state index in [0.29, 0.717) is 5.13 Å². The van der Waals surface area contributed by atoms with Crippen LogP contribution < -0.4 is 5.32 Å². The lowest BCUT2D eigenvalue weighted by atomic mass is 9.91. The van der Waals surface area contributed by atoms with E-state index < -0.39 is 10.8 Å². The SMILES string of the molecule is CCC(C)(C)c1nnc(NC(=O)c2ccc(Cl)cc2[N+](=O)[O-])s1. The van der Waals surface area contributed by atoms with Crippen LogP contribution in [-0.2, 0) is 5.41 Å². The fourth-order valence-electron chi connectivity index (χ4n) is 1.71. The number of hydrogen-bond acceptors (Lipinski definition) is 6. The minimum atomic E-state index is -0.646. The number of amides is 1. The molecular formula is C14H15ClN4O3S. The highest BCUT2D eigenvalue weighted by Crippen LogP contribution is 2.31. The van der Waals surface area contributed by atoms with Crippen LogP contribution in [0, 0.1) is 10.1 Å². The third-order valence-corrected chi connectivity index (χ3v) is 4.95. The van der Waals surface area contributed by atoms with Gasteiger partial charge in [0.15, 0.2) is 0 Å². The highest BCUT2D eigenvalue weighted by atomic mass is 35.5. The van der Waals surface area contributed by atoms with E-state index in [-0.39, 0.29) is 21.7 Å². The minimum absolute atomic E-state index is 0.0779. The van der Waals surface area contributed by atoms with E-state index in [1.807, 2.05) is 20.8 Å². The van der Waals surface area contributed by atoms with E-state index in [1.54, 1.807) is 0 Å². The number of nitro benzene ring substituents is 1. The average Bonchev–Trinajstić information content (AvgIpc) is 2.96. The summed E-state index contributed by atoms with van der Waals surface area (Å²) in [7, 11) is 0. The normalized spacial score (nSPS) is 11.3.